The lowest BCUT2D eigenvalue weighted by atomic mass is 10.1. The van der Waals surface area contributed by atoms with Crippen LogP contribution in [0.2, 0.25) is 0 Å². The van der Waals surface area contributed by atoms with Gasteiger partial charge < -0.3 is 20.0 Å². The summed E-state index contributed by atoms with van der Waals surface area (Å²) in [7, 11) is 1.15. The van der Waals surface area contributed by atoms with E-state index < -0.39 is 30.4 Å². The van der Waals surface area contributed by atoms with Crippen molar-refractivity contribution in [3.8, 4) is 0 Å². The van der Waals surface area contributed by atoms with Crippen LogP contribution in [0.5, 0.6) is 0 Å². The molecule has 2 rings (SSSR count). The second-order valence-electron chi connectivity index (χ2n) is 4.37. The summed E-state index contributed by atoms with van der Waals surface area (Å²) in [5.41, 5.74) is 0.486. The minimum atomic E-state index is -1.31. The van der Waals surface area contributed by atoms with Gasteiger partial charge in [-0.15, -0.1) is 0 Å². The average Bonchev–Trinajstić information content (AvgIpc) is 2.75. The molecule has 0 aliphatic carbocycles. The molecule has 8 nitrogen and oxygen atoms in total. The SMILES string of the molecule is COC(=O)CN1C(=O)N/C(=C/c2ccc(C(=O)[O-])cc2)C1=O. The number of carbonyl (C=O) groups excluding carboxylic acids is 4. The number of imide groups is 1. The molecule has 0 atom stereocenters. The molecule has 1 aromatic rings. The van der Waals surface area contributed by atoms with Crippen LogP contribution < -0.4 is 10.4 Å². The molecule has 0 radical (unpaired) electrons. The minimum absolute atomic E-state index is 0.00347. The first-order chi connectivity index (χ1) is 10.4. The Hall–Kier alpha value is -3.16. The number of nitrogens with zero attached hydrogens (tertiary/aromatic N) is 1. The zero-order valence-electron chi connectivity index (χ0n) is 11.5. The number of esters is 1. The van der Waals surface area contributed by atoms with Gasteiger partial charge in [0.2, 0.25) is 0 Å². The fourth-order valence-electron chi connectivity index (χ4n) is 1.79. The van der Waals surface area contributed by atoms with Crippen molar-refractivity contribution in [2.24, 2.45) is 0 Å². The van der Waals surface area contributed by atoms with Gasteiger partial charge in [0, 0.05) is 0 Å². The third kappa shape index (κ3) is 3.11. The van der Waals surface area contributed by atoms with Gasteiger partial charge in [-0.3, -0.25) is 9.59 Å². The van der Waals surface area contributed by atoms with E-state index in [1.54, 1.807) is 0 Å². The average molecular weight is 303 g/mol. The number of ether oxygens (including phenoxy) is 1. The highest BCUT2D eigenvalue weighted by atomic mass is 16.5. The van der Waals surface area contributed by atoms with Gasteiger partial charge in [0.25, 0.3) is 5.91 Å². The summed E-state index contributed by atoms with van der Waals surface area (Å²) in [5, 5.41) is 13.0. The molecule has 0 unspecified atom stereocenters. The van der Waals surface area contributed by atoms with Gasteiger partial charge in [-0.1, -0.05) is 24.3 Å². The Morgan fingerprint density at radius 1 is 1.27 bits per heavy atom. The van der Waals surface area contributed by atoms with Crippen molar-refractivity contribution in [3.05, 3.63) is 41.1 Å². The van der Waals surface area contributed by atoms with E-state index in [-0.39, 0.29) is 11.3 Å². The Morgan fingerprint density at radius 2 is 1.91 bits per heavy atom. The molecule has 1 fully saturated rings. The van der Waals surface area contributed by atoms with Crippen LogP contribution in [0.15, 0.2) is 30.0 Å². The maximum atomic E-state index is 12.0. The van der Waals surface area contributed by atoms with Gasteiger partial charge in [-0.05, 0) is 17.2 Å². The van der Waals surface area contributed by atoms with Crippen molar-refractivity contribution in [2.75, 3.05) is 13.7 Å². The third-order valence-corrected chi connectivity index (χ3v) is 2.93. The van der Waals surface area contributed by atoms with Crippen molar-refractivity contribution >= 4 is 30.0 Å². The first-order valence-electron chi connectivity index (χ1n) is 6.15. The Bertz CT molecular complexity index is 677. The molecule has 0 spiro atoms. The van der Waals surface area contributed by atoms with Gasteiger partial charge in [0.1, 0.15) is 12.2 Å². The molecule has 0 saturated carbocycles. The molecule has 0 bridgehead atoms. The number of amides is 3. The van der Waals surface area contributed by atoms with Crippen molar-refractivity contribution in [1.82, 2.24) is 10.2 Å². The fourth-order valence-corrected chi connectivity index (χ4v) is 1.79. The van der Waals surface area contributed by atoms with Crippen LogP contribution in [0, 0.1) is 0 Å². The molecule has 1 aliphatic rings. The maximum Gasteiger partial charge on any atom is 0.329 e. The Balaban J connectivity index is 2.19. The zero-order valence-corrected chi connectivity index (χ0v) is 11.5. The lowest BCUT2D eigenvalue weighted by molar-refractivity contribution is -0.255. The van der Waals surface area contributed by atoms with Crippen LogP contribution >= 0.6 is 0 Å². The molecular weight excluding hydrogens is 292 g/mol. The van der Waals surface area contributed by atoms with Crippen molar-refractivity contribution in [2.45, 2.75) is 0 Å². The number of rotatable bonds is 4. The topological polar surface area (TPSA) is 116 Å². The fraction of sp³-hybridized carbons (Fsp3) is 0.143. The molecular formula is C14H11N2O6-. The standard InChI is InChI=1S/C14H12N2O6/c1-22-11(17)7-16-12(18)10(15-14(16)21)6-8-2-4-9(5-3-8)13(19)20/h2-6H,7H2,1H3,(H,15,21)(H,19,20)/p-1/b10-6+. The highest BCUT2D eigenvalue weighted by Crippen LogP contribution is 2.14. The molecule has 3 amide bonds. The number of carboxylic acids is 1. The van der Waals surface area contributed by atoms with Gasteiger partial charge in [-0.2, -0.15) is 0 Å². The van der Waals surface area contributed by atoms with E-state index in [1.165, 1.54) is 30.3 Å². The third-order valence-electron chi connectivity index (χ3n) is 2.93. The van der Waals surface area contributed by atoms with Crippen LogP contribution in [0.25, 0.3) is 6.08 Å². The molecule has 1 N–H and O–H groups in total. The quantitative estimate of drug-likeness (QED) is 0.438. The number of hydrogen-bond acceptors (Lipinski definition) is 6. The molecule has 114 valence electrons. The monoisotopic (exact) mass is 303 g/mol. The summed E-state index contributed by atoms with van der Waals surface area (Å²) >= 11 is 0. The van der Waals surface area contributed by atoms with Crippen LogP contribution in [0.3, 0.4) is 0 Å². The summed E-state index contributed by atoms with van der Waals surface area (Å²) in [4.78, 5) is 46.2. The van der Waals surface area contributed by atoms with E-state index in [2.05, 4.69) is 10.1 Å². The van der Waals surface area contributed by atoms with E-state index in [4.69, 9.17) is 0 Å². The van der Waals surface area contributed by atoms with E-state index in [1.807, 2.05) is 0 Å². The highest BCUT2D eigenvalue weighted by Gasteiger charge is 2.35. The molecule has 1 aliphatic heterocycles. The largest absolute Gasteiger partial charge is 0.545 e. The van der Waals surface area contributed by atoms with E-state index in [0.717, 1.165) is 7.11 Å². The second-order valence-corrected chi connectivity index (χ2v) is 4.37. The Labute approximate surface area is 125 Å². The summed E-state index contributed by atoms with van der Waals surface area (Å²) < 4.78 is 4.40. The molecule has 1 heterocycles. The lowest BCUT2D eigenvalue weighted by Crippen LogP contribution is -2.36. The van der Waals surface area contributed by atoms with E-state index >= 15 is 0 Å². The van der Waals surface area contributed by atoms with Gasteiger partial charge in [0.05, 0.1) is 13.1 Å². The van der Waals surface area contributed by atoms with Crippen LogP contribution in [0.4, 0.5) is 4.79 Å². The number of aromatic carboxylic acids is 1. The van der Waals surface area contributed by atoms with Crippen LogP contribution in [-0.4, -0.2) is 42.4 Å². The number of hydrogen-bond donors (Lipinski definition) is 1. The number of carboxylic acid groups (broad SMARTS) is 1. The van der Waals surface area contributed by atoms with Gasteiger partial charge in [0.15, 0.2) is 0 Å². The normalized spacial score (nSPS) is 15.9. The summed E-state index contributed by atoms with van der Waals surface area (Å²) in [6.07, 6.45) is 1.37. The Morgan fingerprint density at radius 3 is 2.45 bits per heavy atom. The van der Waals surface area contributed by atoms with Crippen molar-refractivity contribution in [3.63, 3.8) is 0 Å². The molecule has 22 heavy (non-hydrogen) atoms. The number of carbonyl (C=O) groups is 4. The molecule has 0 aromatic heterocycles. The van der Waals surface area contributed by atoms with E-state index in [9.17, 15) is 24.3 Å². The first-order valence-corrected chi connectivity index (χ1v) is 6.15. The smallest absolute Gasteiger partial charge is 0.329 e. The van der Waals surface area contributed by atoms with Crippen molar-refractivity contribution in [1.29, 1.82) is 0 Å². The molecule has 1 saturated heterocycles. The summed E-state index contributed by atoms with van der Waals surface area (Å²) in [6.45, 7) is -0.484. The lowest BCUT2D eigenvalue weighted by Gasteiger charge is -2.09. The number of benzene rings is 1. The zero-order chi connectivity index (χ0) is 16.3. The van der Waals surface area contributed by atoms with Crippen molar-refractivity contribution < 1.29 is 29.0 Å². The maximum absolute atomic E-state index is 12.0. The van der Waals surface area contributed by atoms with Gasteiger partial charge >= 0.3 is 12.0 Å². The second kappa shape index (κ2) is 6.08. The summed E-state index contributed by atoms with van der Waals surface area (Å²) in [5.74, 6) is -2.70. The summed E-state index contributed by atoms with van der Waals surface area (Å²) in [6, 6.07) is 4.82. The highest BCUT2D eigenvalue weighted by molar-refractivity contribution is 6.15. The number of nitrogens with one attached hydrogen (secondary N) is 1. The predicted molar refractivity (Wildman–Crippen MR) is 71.0 cm³/mol. The van der Waals surface area contributed by atoms with Crippen LogP contribution in [-0.2, 0) is 14.3 Å². The number of urea groups is 1. The predicted octanol–water partition coefficient (Wildman–Crippen LogP) is -0.884. The van der Waals surface area contributed by atoms with Crippen LogP contribution in [0.1, 0.15) is 15.9 Å². The van der Waals surface area contributed by atoms with Gasteiger partial charge in [-0.25, -0.2) is 9.69 Å². The molecule has 8 heteroatoms. The first kappa shape index (κ1) is 15.2. The molecule has 1 aromatic carbocycles. The number of methoxy groups -OCH3 is 1. The minimum Gasteiger partial charge on any atom is -0.545 e. The Kier molecular flexibility index (Phi) is 4.21. The van der Waals surface area contributed by atoms with E-state index in [0.29, 0.717) is 10.5 Å².